The average Bonchev–Trinajstić information content (AvgIpc) is 3.48. The Bertz CT molecular complexity index is 1070. The Balaban J connectivity index is 1.55. The number of carbonyl (C=O) groups is 2. The third-order valence-corrected chi connectivity index (χ3v) is 6.20. The molecule has 0 saturated heterocycles. The molecule has 172 valence electrons. The lowest BCUT2D eigenvalue weighted by Gasteiger charge is -2.11. The summed E-state index contributed by atoms with van der Waals surface area (Å²) in [6.07, 6.45) is 2.62. The summed E-state index contributed by atoms with van der Waals surface area (Å²) < 4.78 is 14.7. The smallest absolute Gasteiger partial charge is 0.316 e. The molecule has 9 heteroatoms. The number of hydrogen-bond acceptors (Lipinski definition) is 7. The monoisotopic (exact) mass is 458 g/mol. The first-order valence-electron chi connectivity index (χ1n) is 10.8. The van der Waals surface area contributed by atoms with Gasteiger partial charge in [0.2, 0.25) is 5.78 Å². The first kappa shape index (κ1) is 23.8. The molecule has 0 aliphatic rings. The SMILES string of the molecule is CCn1c(SCC(=O)OCC(=O)c2cc(C)n(CCC(C)C)c2C)nnc1-c1ccco1. The number of hydrogen-bond donors (Lipinski definition) is 0. The number of carbonyl (C=O) groups excluding carboxylic acids is 2. The van der Waals surface area contributed by atoms with E-state index >= 15 is 0 Å². The number of aryl methyl sites for hydroxylation is 1. The van der Waals surface area contributed by atoms with Gasteiger partial charge in [0.1, 0.15) is 0 Å². The first-order valence-corrected chi connectivity index (χ1v) is 11.8. The normalized spacial score (nSPS) is 11.3. The Morgan fingerprint density at radius 1 is 1.22 bits per heavy atom. The van der Waals surface area contributed by atoms with Gasteiger partial charge in [-0.3, -0.25) is 14.2 Å². The van der Waals surface area contributed by atoms with E-state index in [4.69, 9.17) is 9.15 Å². The fourth-order valence-corrected chi connectivity index (χ4v) is 4.27. The van der Waals surface area contributed by atoms with Crippen LogP contribution in [0.4, 0.5) is 0 Å². The van der Waals surface area contributed by atoms with Gasteiger partial charge in [-0.1, -0.05) is 25.6 Å². The number of aromatic nitrogens is 4. The molecule has 0 fully saturated rings. The van der Waals surface area contributed by atoms with Crippen LogP contribution in [-0.2, 0) is 22.6 Å². The van der Waals surface area contributed by atoms with Crippen LogP contribution in [0.5, 0.6) is 0 Å². The zero-order valence-corrected chi connectivity index (χ0v) is 20.1. The molecule has 3 aromatic rings. The van der Waals surface area contributed by atoms with Crippen LogP contribution in [0.15, 0.2) is 34.0 Å². The molecule has 0 unspecified atom stereocenters. The lowest BCUT2D eigenvalue weighted by atomic mass is 10.1. The van der Waals surface area contributed by atoms with Crippen molar-refractivity contribution in [2.45, 2.75) is 59.3 Å². The molecular weight excluding hydrogens is 428 g/mol. The number of ketones is 1. The molecule has 0 radical (unpaired) electrons. The second-order valence-corrected chi connectivity index (χ2v) is 8.96. The predicted octanol–water partition coefficient (Wildman–Crippen LogP) is 4.54. The summed E-state index contributed by atoms with van der Waals surface area (Å²) in [6.45, 7) is 11.5. The quantitative estimate of drug-likeness (QED) is 0.237. The van der Waals surface area contributed by atoms with Crippen LogP contribution in [-0.4, -0.2) is 43.4 Å². The lowest BCUT2D eigenvalue weighted by Crippen LogP contribution is -2.16. The van der Waals surface area contributed by atoms with Crippen molar-refractivity contribution in [1.82, 2.24) is 19.3 Å². The van der Waals surface area contributed by atoms with Crippen molar-refractivity contribution in [3.05, 3.63) is 41.4 Å². The Morgan fingerprint density at radius 2 is 2.00 bits per heavy atom. The van der Waals surface area contributed by atoms with Crippen LogP contribution in [0.1, 0.15) is 48.9 Å². The van der Waals surface area contributed by atoms with Crippen molar-refractivity contribution < 1.29 is 18.7 Å². The van der Waals surface area contributed by atoms with E-state index in [2.05, 4.69) is 28.6 Å². The zero-order valence-electron chi connectivity index (χ0n) is 19.3. The molecule has 32 heavy (non-hydrogen) atoms. The molecule has 8 nitrogen and oxygen atoms in total. The summed E-state index contributed by atoms with van der Waals surface area (Å²) in [7, 11) is 0. The van der Waals surface area contributed by atoms with Crippen LogP contribution in [0.2, 0.25) is 0 Å². The van der Waals surface area contributed by atoms with Crippen LogP contribution in [0.25, 0.3) is 11.6 Å². The van der Waals surface area contributed by atoms with Gasteiger partial charge in [-0.25, -0.2) is 0 Å². The van der Waals surface area contributed by atoms with Gasteiger partial charge in [-0.2, -0.15) is 0 Å². The van der Waals surface area contributed by atoms with E-state index in [0.29, 0.717) is 34.8 Å². The molecule has 0 aromatic carbocycles. The number of rotatable bonds is 11. The Morgan fingerprint density at radius 3 is 2.66 bits per heavy atom. The van der Waals surface area contributed by atoms with Gasteiger partial charge in [-0.15, -0.1) is 10.2 Å². The fraction of sp³-hybridized carbons (Fsp3) is 0.478. The maximum Gasteiger partial charge on any atom is 0.316 e. The van der Waals surface area contributed by atoms with Crippen LogP contribution in [0.3, 0.4) is 0 Å². The van der Waals surface area contributed by atoms with Gasteiger partial charge >= 0.3 is 5.97 Å². The predicted molar refractivity (Wildman–Crippen MR) is 123 cm³/mol. The topological polar surface area (TPSA) is 92.2 Å². The third-order valence-electron chi connectivity index (χ3n) is 5.26. The molecule has 3 heterocycles. The molecule has 0 spiro atoms. The lowest BCUT2D eigenvalue weighted by molar-refractivity contribution is -0.139. The Labute approximate surface area is 192 Å². The molecule has 0 N–H and O–H groups in total. The Kier molecular flexibility index (Phi) is 7.95. The summed E-state index contributed by atoms with van der Waals surface area (Å²) in [5.41, 5.74) is 2.57. The summed E-state index contributed by atoms with van der Waals surface area (Å²) in [5.74, 6) is 1.19. The molecule has 3 rings (SSSR count). The number of ether oxygens (including phenoxy) is 1. The van der Waals surface area contributed by atoms with E-state index < -0.39 is 5.97 Å². The molecular formula is C23H30N4O4S. The highest BCUT2D eigenvalue weighted by atomic mass is 32.2. The second-order valence-electron chi connectivity index (χ2n) is 8.02. The van der Waals surface area contributed by atoms with Gasteiger partial charge in [0, 0.05) is 30.0 Å². The zero-order chi connectivity index (χ0) is 23.3. The summed E-state index contributed by atoms with van der Waals surface area (Å²) >= 11 is 1.22. The minimum absolute atomic E-state index is 0.0387. The number of furan rings is 1. The van der Waals surface area contributed by atoms with Gasteiger partial charge in [0.05, 0.1) is 12.0 Å². The van der Waals surface area contributed by atoms with Crippen molar-refractivity contribution >= 4 is 23.5 Å². The van der Waals surface area contributed by atoms with Gasteiger partial charge in [0.25, 0.3) is 0 Å². The number of Topliss-reactive ketones (excluding diaryl/α,β-unsaturated/α-hetero) is 1. The molecule has 0 aliphatic carbocycles. The Hall–Kier alpha value is -2.81. The van der Waals surface area contributed by atoms with Crippen LogP contribution in [0, 0.1) is 19.8 Å². The van der Waals surface area contributed by atoms with Crippen LogP contribution < -0.4 is 0 Å². The maximum atomic E-state index is 12.6. The number of esters is 1. The molecule has 0 saturated carbocycles. The molecule has 3 aromatic heterocycles. The van der Waals surface area contributed by atoms with E-state index in [1.165, 1.54) is 11.8 Å². The molecule has 0 amide bonds. The van der Waals surface area contributed by atoms with Crippen molar-refractivity contribution in [2.75, 3.05) is 12.4 Å². The van der Waals surface area contributed by atoms with Crippen LogP contribution >= 0.6 is 11.8 Å². The van der Waals surface area contributed by atoms with Crippen molar-refractivity contribution in [3.8, 4) is 11.6 Å². The van der Waals surface area contributed by atoms with E-state index in [1.807, 2.05) is 37.5 Å². The van der Waals surface area contributed by atoms with E-state index in [9.17, 15) is 9.59 Å². The average molecular weight is 459 g/mol. The van der Waals surface area contributed by atoms with Gasteiger partial charge < -0.3 is 13.7 Å². The van der Waals surface area contributed by atoms with E-state index in [-0.39, 0.29) is 18.1 Å². The number of thioether (sulfide) groups is 1. The third kappa shape index (κ3) is 5.51. The largest absolute Gasteiger partial charge is 0.461 e. The van der Waals surface area contributed by atoms with Gasteiger partial charge in [-0.05, 0) is 51.3 Å². The van der Waals surface area contributed by atoms with E-state index in [1.54, 1.807) is 12.3 Å². The molecule has 0 bridgehead atoms. The summed E-state index contributed by atoms with van der Waals surface area (Å²) in [6, 6.07) is 5.47. The standard InChI is InChI=1S/C23H30N4O4S/c1-6-26-22(20-8-7-11-30-20)24-25-23(26)32-14-21(29)31-13-19(28)18-12-16(4)27(17(18)5)10-9-15(2)3/h7-8,11-12,15H,6,9-10,13-14H2,1-5H3. The second kappa shape index (κ2) is 10.7. The molecule has 0 atom stereocenters. The highest BCUT2D eigenvalue weighted by Gasteiger charge is 2.19. The van der Waals surface area contributed by atoms with E-state index in [0.717, 1.165) is 24.4 Å². The summed E-state index contributed by atoms with van der Waals surface area (Å²) in [5, 5.41) is 8.90. The van der Waals surface area contributed by atoms with Crippen molar-refractivity contribution in [2.24, 2.45) is 5.92 Å². The highest BCUT2D eigenvalue weighted by molar-refractivity contribution is 7.99. The fourth-order valence-electron chi connectivity index (χ4n) is 3.47. The number of nitrogens with zero attached hydrogens (tertiary/aromatic N) is 4. The van der Waals surface area contributed by atoms with Crippen molar-refractivity contribution in [1.29, 1.82) is 0 Å². The minimum atomic E-state index is -0.470. The summed E-state index contributed by atoms with van der Waals surface area (Å²) in [4.78, 5) is 24.9. The first-order chi connectivity index (χ1) is 15.3. The van der Waals surface area contributed by atoms with Gasteiger partial charge in [0.15, 0.2) is 23.3 Å². The maximum absolute atomic E-state index is 12.6. The van der Waals surface area contributed by atoms with Crippen molar-refractivity contribution in [3.63, 3.8) is 0 Å². The molecule has 0 aliphatic heterocycles. The highest BCUT2D eigenvalue weighted by Crippen LogP contribution is 2.24. The minimum Gasteiger partial charge on any atom is -0.461 e.